The molecule has 12 heteroatoms. The average molecular weight is 538 g/mol. The molecule has 4 rings (SSSR count). The van der Waals surface area contributed by atoms with Crippen molar-refractivity contribution in [2.75, 3.05) is 14.2 Å². The lowest BCUT2D eigenvalue weighted by Crippen LogP contribution is -2.28. The molecule has 0 aliphatic rings. The normalized spacial score (nSPS) is 13.1. The Kier molecular flexibility index (Phi) is 7.52. The van der Waals surface area contributed by atoms with Crippen LogP contribution in [0.1, 0.15) is 41.6 Å². The second-order valence-electron chi connectivity index (χ2n) is 8.63. The molecule has 3 heterocycles. The molecule has 0 bridgehead atoms. The fraction of sp³-hybridized carbons (Fsp3) is 0.308. The molecule has 0 saturated heterocycles. The highest BCUT2D eigenvalue weighted by Crippen LogP contribution is 2.37. The summed E-state index contributed by atoms with van der Waals surface area (Å²) >= 11 is 0. The van der Waals surface area contributed by atoms with Gasteiger partial charge in [-0.2, -0.15) is 5.26 Å². The Hall–Kier alpha value is -4.21. The number of rotatable bonds is 9. The number of pyridine rings is 1. The van der Waals surface area contributed by atoms with Crippen molar-refractivity contribution in [3.8, 4) is 34.8 Å². The third-order valence-corrected chi connectivity index (χ3v) is 8.24. The number of para-hydroxylation sites is 1. The summed E-state index contributed by atoms with van der Waals surface area (Å²) in [7, 11) is -1.04. The summed E-state index contributed by atoms with van der Waals surface area (Å²) in [5, 5.41) is 27.2. The molecule has 0 spiro atoms. The van der Waals surface area contributed by atoms with Gasteiger partial charge in [-0.05, 0) is 57.2 Å². The van der Waals surface area contributed by atoms with E-state index in [2.05, 4.69) is 15.2 Å². The van der Waals surface area contributed by atoms with Gasteiger partial charge in [0.25, 0.3) is 0 Å². The Labute approximate surface area is 220 Å². The molecule has 1 aromatic carbocycles. The SMILES string of the molecule is COc1cccc(OC)c1-n1c(CS(=O)(=O)[C@H](C)[C@H](O)c2ccc(C#N)c(C)n2)nnc1-c1ccc(C)o1. The van der Waals surface area contributed by atoms with Gasteiger partial charge >= 0.3 is 0 Å². The number of furan rings is 1. The van der Waals surface area contributed by atoms with E-state index in [4.69, 9.17) is 19.2 Å². The predicted molar refractivity (Wildman–Crippen MR) is 138 cm³/mol. The van der Waals surface area contributed by atoms with E-state index in [1.807, 2.05) is 6.07 Å². The molecule has 2 atom stereocenters. The molecule has 0 unspecified atom stereocenters. The highest BCUT2D eigenvalue weighted by Gasteiger charge is 2.34. The van der Waals surface area contributed by atoms with E-state index in [1.165, 1.54) is 37.8 Å². The van der Waals surface area contributed by atoms with Crippen molar-refractivity contribution >= 4 is 9.84 Å². The van der Waals surface area contributed by atoms with E-state index < -0.39 is 26.9 Å². The summed E-state index contributed by atoms with van der Waals surface area (Å²) < 4.78 is 45.5. The largest absolute Gasteiger partial charge is 0.494 e. The number of nitriles is 1. The van der Waals surface area contributed by atoms with Crippen LogP contribution in [-0.4, -0.2) is 52.7 Å². The Morgan fingerprint density at radius 3 is 2.32 bits per heavy atom. The van der Waals surface area contributed by atoms with E-state index in [9.17, 15) is 13.5 Å². The van der Waals surface area contributed by atoms with Gasteiger partial charge in [-0.1, -0.05) is 6.07 Å². The van der Waals surface area contributed by atoms with Crippen molar-refractivity contribution in [3.05, 3.63) is 71.0 Å². The molecule has 4 aromatic rings. The lowest BCUT2D eigenvalue weighted by molar-refractivity contribution is 0.171. The number of aryl methyl sites for hydroxylation is 2. The first-order chi connectivity index (χ1) is 18.1. The third-order valence-electron chi connectivity index (χ3n) is 6.19. The van der Waals surface area contributed by atoms with Gasteiger partial charge in [-0.25, -0.2) is 8.42 Å². The number of aromatic nitrogens is 4. The smallest absolute Gasteiger partial charge is 0.204 e. The van der Waals surface area contributed by atoms with Crippen LogP contribution in [0, 0.1) is 25.2 Å². The first-order valence-corrected chi connectivity index (χ1v) is 13.3. The van der Waals surface area contributed by atoms with Crippen LogP contribution in [0.3, 0.4) is 0 Å². The minimum absolute atomic E-state index is 0.0693. The van der Waals surface area contributed by atoms with Crippen molar-refractivity contribution in [1.29, 1.82) is 5.26 Å². The molecule has 0 saturated carbocycles. The second kappa shape index (κ2) is 10.6. The van der Waals surface area contributed by atoms with Gasteiger partial charge in [0, 0.05) is 0 Å². The van der Waals surface area contributed by atoms with E-state index >= 15 is 0 Å². The monoisotopic (exact) mass is 537 g/mol. The number of aliphatic hydroxyl groups excluding tert-OH is 1. The van der Waals surface area contributed by atoms with Crippen LogP contribution >= 0.6 is 0 Å². The number of sulfone groups is 1. The standard InChI is InChI=1S/C26H27N5O6S/c1-15-9-12-22(37-15)26-30-29-23(31(26)24-20(35-4)7-6-8-21(24)36-5)14-38(33,34)17(3)25(32)19-11-10-18(13-27)16(2)28-19/h6-12,17,25,32H,14H2,1-5H3/t17-,25+/m1/s1. The van der Waals surface area contributed by atoms with Crippen LogP contribution in [0.25, 0.3) is 17.3 Å². The second-order valence-corrected chi connectivity index (χ2v) is 11.0. The predicted octanol–water partition coefficient (Wildman–Crippen LogP) is 3.46. The van der Waals surface area contributed by atoms with Crippen molar-refractivity contribution in [1.82, 2.24) is 19.7 Å². The van der Waals surface area contributed by atoms with Crippen LogP contribution in [0.5, 0.6) is 11.5 Å². The average Bonchev–Trinajstić information content (AvgIpc) is 3.52. The van der Waals surface area contributed by atoms with Crippen LogP contribution in [0.2, 0.25) is 0 Å². The zero-order chi connectivity index (χ0) is 27.6. The summed E-state index contributed by atoms with van der Waals surface area (Å²) in [6.07, 6.45) is -1.43. The van der Waals surface area contributed by atoms with Gasteiger partial charge in [-0.3, -0.25) is 9.55 Å². The maximum Gasteiger partial charge on any atom is 0.204 e. The van der Waals surface area contributed by atoms with Gasteiger partial charge in [0.15, 0.2) is 21.4 Å². The van der Waals surface area contributed by atoms with Crippen molar-refractivity contribution < 1.29 is 27.4 Å². The summed E-state index contributed by atoms with van der Waals surface area (Å²) in [5.41, 5.74) is 1.29. The van der Waals surface area contributed by atoms with E-state index in [1.54, 1.807) is 44.2 Å². The van der Waals surface area contributed by atoms with Crippen molar-refractivity contribution in [3.63, 3.8) is 0 Å². The number of methoxy groups -OCH3 is 2. The first kappa shape index (κ1) is 26.8. The molecule has 11 nitrogen and oxygen atoms in total. The molecular weight excluding hydrogens is 510 g/mol. The quantitative estimate of drug-likeness (QED) is 0.336. The summed E-state index contributed by atoms with van der Waals surface area (Å²) in [6.45, 7) is 4.80. The Morgan fingerprint density at radius 1 is 1.08 bits per heavy atom. The number of nitrogens with zero attached hydrogens (tertiary/aromatic N) is 5. The molecule has 3 aromatic heterocycles. The molecule has 1 N–H and O–H groups in total. The van der Waals surface area contributed by atoms with Crippen LogP contribution in [0.15, 0.2) is 46.9 Å². The topological polar surface area (TPSA) is 153 Å². The van der Waals surface area contributed by atoms with E-state index in [-0.39, 0.29) is 17.3 Å². The van der Waals surface area contributed by atoms with Crippen LogP contribution in [0.4, 0.5) is 0 Å². The highest BCUT2D eigenvalue weighted by atomic mass is 32.2. The van der Waals surface area contributed by atoms with Crippen LogP contribution in [-0.2, 0) is 15.6 Å². The van der Waals surface area contributed by atoms with Gasteiger partial charge in [-0.15, -0.1) is 10.2 Å². The Morgan fingerprint density at radius 2 is 1.76 bits per heavy atom. The van der Waals surface area contributed by atoms with E-state index in [0.29, 0.717) is 40.0 Å². The highest BCUT2D eigenvalue weighted by molar-refractivity contribution is 7.91. The fourth-order valence-corrected chi connectivity index (χ4v) is 5.36. The van der Waals surface area contributed by atoms with Gasteiger partial charge in [0.1, 0.15) is 40.9 Å². The zero-order valence-electron chi connectivity index (χ0n) is 21.5. The summed E-state index contributed by atoms with van der Waals surface area (Å²) in [5.74, 6) is 1.57. The van der Waals surface area contributed by atoms with Gasteiger partial charge in [0.05, 0.1) is 36.4 Å². The molecule has 0 aliphatic carbocycles. The third kappa shape index (κ3) is 4.98. The number of benzene rings is 1. The van der Waals surface area contributed by atoms with Gasteiger partial charge in [0.2, 0.25) is 5.82 Å². The van der Waals surface area contributed by atoms with Crippen molar-refractivity contribution in [2.24, 2.45) is 0 Å². The molecule has 0 fully saturated rings. The Bertz CT molecular complexity index is 1600. The molecular formula is C26H27N5O6S. The van der Waals surface area contributed by atoms with Crippen LogP contribution < -0.4 is 9.47 Å². The first-order valence-electron chi connectivity index (χ1n) is 11.6. The van der Waals surface area contributed by atoms with Gasteiger partial charge < -0.3 is 19.0 Å². The maximum atomic E-state index is 13.6. The van der Waals surface area contributed by atoms with E-state index in [0.717, 1.165) is 0 Å². The number of hydrogen-bond donors (Lipinski definition) is 1. The number of aliphatic hydroxyl groups is 1. The minimum atomic E-state index is -4.01. The molecule has 0 radical (unpaired) electrons. The van der Waals surface area contributed by atoms with Crippen molar-refractivity contribution in [2.45, 2.75) is 37.9 Å². The summed E-state index contributed by atoms with van der Waals surface area (Å²) in [6, 6.07) is 13.6. The Balaban J connectivity index is 1.80. The fourth-order valence-electron chi connectivity index (χ4n) is 4.02. The molecule has 0 aliphatic heterocycles. The lowest BCUT2D eigenvalue weighted by atomic mass is 10.1. The lowest BCUT2D eigenvalue weighted by Gasteiger charge is -2.20. The zero-order valence-corrected chi connectivity index (χ0v) is 22.4. The number of hydrogen-bond acceptors (Lipinski definition) is 10. The molecule has 198 valence electrons. The minimum Gasteiger partial charge on any atom is -0.494 e. The maximum absolute atomic E-state index is 13.6. The molecule has 38 heavy (non-hydrogen) atoms. The molecule has 0 amide bonds. The number of ether oxygens (including phenoxy) is 2. The summed E-state index contributed by atoms with van der Waals surface area (Å²) in [4.78, 5) is 4.23.